The Morgan fingerprint density at radius 2 is 1.74 bits per heavy atom. The summed E-state index contributed by atoms with van der Waals surface area (Å²) >= 11 is 0. The summed E-state index contributed by atoms with van der Waals surface area (Å²) in [6, 6.07) is 9.90. The first-order valence-electron chi connectivity index (χ1n) is 11.1. The molecule has 0 radical (unpaired) electrons. The van der Waals surface area contributed by atoms with Gasteiger partial charge in [0.15, 0.2) is 0 Å². The first-order valence-corrected chi connectivity index (χ1v) is 11.1. The average molecular weight is 423 g/mol. The molecule has 2 aliphatic rings. The molecule has 2 fully saturated rings. The van der Waals surface area contributed by atoms with Gasteiger partial charge in [0.25, 0.3) is 5.91 Å². The van der Waals surface area contributed by atoms with Crippen LogP contribution in [0.4, 0.5) is 4.79 Å². The van der Waals surface area contributed by atoms with Gasteiger partial charge in [0.2, 0.25) is 0 Å². The largest absolute Gasteiger partial charge is 0.372 e. The van der Waals surface area contributed by atoms with Crippen LogP contribution in [-0.4, -0.2) is 70.3 Å². The van der Waals surface area contributed by atoms with Crippen molar-refractivity contribution in [2.75, 3.05) is 27.2 Å². The van der Waals surface area contributed by atoms with Crippen LogP contribution in [0, 0.1) is 5.92 Å². The van der Waals surface area contributed by atoms with Gasteiger partial charge in [0.05, 0.1) is 28.8 Å². The number of morpholine rings is 1. The van der Waals surface area contributed by atoms with E-state index in [1.807, 2.05) is 43.0 Å². The predicted octanol–water partition coefficient (Wildman–Crippen LogP) is 3.79. The minimum Gasteiger partial charge on any atom is -0.372 e. The van der Waals surface area contributed by atoms with E-state index >= 15 is 0 Å². The molecule has 1 aromatic carbocycles. The second-order valence-electron chi connectivity index (χ2n) is 9.31. The molecule has 164 valence electrons. The number of aromatic nitrogens is 2. The molecular weight excluding hydrogens is 392 g/mol. The van der Waals surface area contributed by atoms with Gasteiger partial charge in [0.1, 0.15) is 5.69 Å². The molecule has 1 saturated heterocycles. The zero-order valence-corrected chi connectivity index (χ0v) is 18.7. The molecule has 7 nitrogen and oxygen atoms in total. The van der Waals surface area contributed by atoms with Crippen LogP contribution in [0.5, 0.6) is 0 Å². The lowest BCUT2D eigenvalue weighted by Gasteiger charge is -2.35. The highest BCUT2D eigenvalue weighted by Gasteiger charge is 2.33. The number of carbonyl (C=O) groups excluding carboxylic acids is 2. The van der Waals surface area contributed by atoms with Gasteiger partial charge >= 0.3 is 6.03 Å². The van der Waals surface area contributed by atoms with Crippen molar-refractivity contribution in [2.24, 2.45) is 5.92 Å². The van der Waals surface area contributed by atoms with Crippen molar-refractivity contribution in [2.45, 2.75) is 45.4 Å². The highest BCUT2D eigenvalue weighted by molar-refractivity contribution is 6.14. The number of carbonyl (C=O) groups is 2. The van der Waals surface area contributed by atoms with E-state index in [1.54, 1.807) is 18.7 Å². The summed E-state index contributed by atoms with van der Waals surface area (Å²) in [6.45, 7) is 5.93. The first kappa shape index (κ1) is 20.1. The Balaban J connectivity index is 1.71. The number of benzene rings is 1. The third-order valence-electron chi connectivity index (χ3n) is 6.36. The van der Waals surface area contributed by atoms with Gasteiger partial charge < -0.3 is 19.1 Å². The van der Waals surface area contributed by atoms with Crippen molar-refractivity contribution in [3.63, 3.8) is 0 Å². The van der Waals surface area contributed by atoms with Crippen molar-refractivity contribution in [3.05, 3.63) is 36.0 Å². The molecule has 5 rings (SSSR count). The number of fused-ring (bicyclic) bond motifs is 3. The molecule has 0 bridgehead atoms. The lowest BCUT2D eigenvalue weighted by atomic mass is 10.2. The molecule has 1 aliphatic heterocycles. The van der Waals surface area contributed by atoms with E-state index in [9.17, 15) is 9.59 Å². The number of ether oxygens (including phenoxy) is 1. The summed E-state index contributed by atoms with van der Waals surface area (Å²) in [7, 11) is 3.45. The molecule has 1 aliphatic carbocycles. The number of hydrogen-bond donors (Lipinski definition) is 0. The van der Waals surface area contributed by atoms with E-state index in [0.29, 0.717) is 24.7 Å². The highest BCUT2D eigenvalue weighted by atomic mass is 16.5. The third-order valence-corrected chi connectivity index (χ3v) is 6.36. The fraction of sp³-hybridized carbons (Fsp3) is 0.500. The van der Waals surface area contributed by atoms with Crippen LogP contribution >= 0.6 is 0 Å². The number of para-hydroxylation sites is 1. The Morgan fingerprint density at radius 1 is 1.06 bits per heavy atom. The molecule has 31 heavy (non-hydrogen) atoms. The molecule has 3 heterocycles. The predicted molar refractivity (Wildman–Crippen MR) is 121 cm³/mol. The van der Waals surface area contributed by atoms with Gasteiger partial charge in [0, 0.05) is 39.1 Å². The number of amides is 2. The standard InChI is InChI=1S/C24H30N4O3/c1-15-12-26(13-16(2)31-15)23(29)21-11-20-22(28(21)24(30)25(3)4)18-7-5-6-8-19(18)27(20)14-17-9-10-17/h5-8,11,15-17H,9-10,12-14H2,1-4H3/t15-,16+. The zero-order valence-electron chi connectivity index (χ0n) is 18.7. The number of rotatable bonds is 3. The summed E-state index contributed by atoms with van der Waals surface area (Å²) < 4.78 is 9.72. The molecule has 2 amide bonds. The molecule has 0 N–H and O–H groups in total. The van der Waals surface area contributed by atoms with Crippen LogP contribution in [0.15, 0.2) is 30.3 Å². The molecule has 3 aromatic rings. The second-order valence-corrected chi connectivity index (χ2v) is 9.31. The Bertz CT molecular complexity index is 1160. The maximum absolute atomic E-state index is 13.7. The van der Waals surface area contributed by atoms with Gasteiger partial charge in [-0.15, -0.1) is 0 Å². The number of nitrogens with zero attached hydrogens (tertiary/aromatic N) is 4. The minimum atomic E-state index is -0.206. The summed E-state index contributed by atoms with van der Waals surface area (Å²) in [5, 5.41) is 1.01. The monoisotopic (exact) mass is 422 g/mol. The molecule has 0 spiro atoms. The smallest absolute Gasteiger partial charge is 0.328 e. The second kappa shape index (κ2) is 7.41. The Hall–Kier alpha value is -2.80. The van der Waals surface area contributed by atoms with Crippen LogP contribution in [0.2, 0.25) is 0 Å². The van der Waals surface area contributed by atoms with Gasteiger partial charge in [-0.1, -0.05) is 18.2 Å². The van der Waals surface area contributed by atoms with E-state index in [1.165, 1.54) is 17.7 Å². The van der Waals surface area contributed by atoms with Crippen molar-refractivity contribution < 1.29 is 14.3 Å². The Morgan fingerprint density at radius 3 is 2.39 bits per heavy atom. The van der Waals surface area contributed by atoms with Crippen LogP contribution in [0.3, 0.4) is 0 Å². The quantitative estimate of drug-likeness (QED) is 0.645. The van der Waals surface area contributed by atoms with Crippen molar-refractivity contribution in [1.82, 2.24) is 18.9 Å². The molecule has 7 heteroatoms. The topological polar surface area (TPSA) is 59.7 Å². The Labute approximate surface area is 182 Å². The normalized spacial score (nSPS) is 21.7. The minimum absolute atomic E-state index is 0.0281. The highest BCUT2D eigenvalue weighted by Crippen LogP contribution is 2.37. The average Bonchev–Trinajstić information content (AvgIpc) is 3.39. The van der Waals surface area contributed by atoms with Gasteiger partial charge in [-0.3, -0.25) is 9.36 Å². The maximum Gasteiger partial charge on any atom is 0.328 e. The lowest BCUT2D eigenvalue weighted by molar-refractivity contribution is -0.0587. The summed E-state index contributed by atoms with van der Waals surface area (Å²) in [5.74, 6) is 0.558. The Kier molecular flexibility index (Phi) is 4.81. The van der Waals surface area contributed by atoms with Crippen LogP contribution < -0.4 is 0 Å². The summed E-state index contributed by atoms with van der Waals surface area (Å²) in [5.41, 5.74) is 3.33. The summed E-state index contributed by atoms with van der Waals surface area (Å²) in [4.78, 5) is 30.3. The fourth-order valence-electron chi connectivity index (χ4n) is 4.82. The zero-order chi connectivity index (χ0) is 21.9. The van der Waals surface area contributed by atoms with E-state index in [0.717, 1.165) is 28.5 Å². The van der Waals surface area contributed by atoms with Crippen LogP contribution in [0.1, 0.15) is 37.2 Å². The fourth-order valence-corrected chi connectivity index (χ4v) is 4.82. The maximum atomic E-state index is 13.7. The molecular formula is C24H30N4O3. The SMILES string of the molecule is C[C@@H]1CN(C(=O)c2cc3c(c4ccccc4n3CC3CC3)n2C(=O)N(C)C)C[C@H](C)O1. The van der Waals surface area contributed by atoms with Crippen molar-refractivity contribution >= 4 is 33.9 Å². The number of hydrogen-bond acceptors (Lipinski definition) is 3. The first-order chi connectivity index (χ1) is 14.8. The lowest BCUT2D eigenvalue weighted by Crippen LogP contribution is -2.49. The third kappa shape index (κ3) is 3.41. The molecule has 0 unspecified atom stereocenters. The van der Waals surface area contributed by atoms with Crippen LogP contribution in [-0.2, 0) is 11.3 Å². The molecule has 2 atom stereocenters. The van der Waals surface area contributed by atoms with E-state index < -0.39 is 0 Å². The van der Waals surface area contributed by atoms with Gasteiger partial charge in [-0.2, -0.15) is 0 Å². The molecule has 2 aromatic heterocycles. The van der Waals surface area contributed by atoms with Crippen molar-refractivity contribution in [1.29, 1.82) is 0 Å². The van der Waals surface area contributed by atoms with E-state index in [-0.39, 0.29) is 24.1 Å². The molecule has 1 saturated carbocycles. The van der Waals surface area contributed by atoms with Gasteiger partial charge in [-0.25, -0.2) is 4.79 Å². The van der Waals surface area contributed by atoms with E-state index in [4.69, 9.17) is 4.74 Å². The summed E-state index contributed by atoms with van der Waals surface area (Å²) in [6.07, 6.45) is 2.42. The van der Waals surface area contributed by atoms with E-state index in [2.05, 4.69) is 10.6 Å². The van der Waals surface area contributed by atoms with Gasteiger partial charge in [-0.05, 0) is 44.7 Å². The van der Waals surface area contributed by atoms with Crippen molar-refractivity contribution in [3.8, 4) is 0 Å². The van der Waals surface area contributed by atoms with Crippen LogP contribution in [0.25, 0.3) is 21.9 Å².